The van der Waals surface area contributed by atoms with Crippen molar-refractivity contribution in [3.8, 4) is 11.8 Å². The summed E-state index contributed by atoms with van der Waals surface area (Å²) >= 11 is 6.48. The van der Waals surface area contributed by atoms with Gasteiger partial charge in [0, 0.05) is 17.3 Å². The van der Waals surface area contributed by atoms with Gasteiger partial charge >= 0.3 is 0 Å². The summed E-state index contributed by atoms with van der Waals surface area (Å²) in [7, 11) is 1.54. The molecule has 6 nitrogen and oxygen atoms in total. The van der Waals surface area contributed by atoms with E-state index in [1.165, 1.54) is 6.08 Å². The van der Waals surface area contributed by atoms with Crippen LogP contribution in [0.25, 0.3) is 6.08 Å². The molecule has 0 unspecified atom stereocenters. The third-order valence-corrected chi connectivity index (χ3v) is 4.66. The van der Waals surface area contributed by atoms with E-state index in [0.29, 0.717) is 34.4 Å². The van der Waals surface area contributed by atoms with Crippen molar-refractivity contribution < 1.29 is 9.53 Å². The Kier molecular flexibility index (Phi) is 6.32. The Bertz CT molecular complexity index is 1100. The Balaban J connectivity index is 1.85. The molecular formula is C22H19ClN4O2. The molecule has 146 valence electrons. The van der Waals surface area contributed by atoms with Gasteiger partial charge in [0.1, 0.15) is 22.5 Å². The number of methoxy groups -OCH3 is 1. The molecule has 2 aromatic carbocycles. The van der Waals surface area contributed by atoms with Crippen LogP contribution in [-0.2, 0) is 11.3 Å². The highest BCUT2D eigenvalue weighted by Crippen LogP contribution is 2.24. The van der Waals surface area contributed by atoms with Gasteiger partial charge in [0.15, 0.2) is 0 Å². The SMILES string of the molecule is COc1cccc(NC(=O)/C(C#N)=C/c2c(C)nn(Cc3ccccc3)c2Cl)c1. The van der Waals surface area contributed by atoms with E-state index in [-0.39, 0.29) is 5.57 Å². The highest BCUT2D eigenvalue weighted by atomic mass is 35.5. The fourth-order valence-electron chi connectivity index (χ4n) is 2.78. The van der Waals surface area contributed by atoms with Crippen LogP contribution in [0.5, 0.6) is 5.75 Å². The summed E-state index contributed by atoms with van der Waals surface area (Å²) in [6, 6.07) is 18.6. The molecule has 0 atom stereocenters. The number of nitrogens with zero attached hydrogens (tertiary/aromatic N) is 3. The van der Waals surface area contributed by atoms with Crippen LogP contribution in [0.3, 0.4) is 0 Å². The van der Waals surface area contributed by atoms with Crippen LogP contribution in [0.1, 0.15) is 16.8 Å². The number of anilines is 1. The minimum atomic E-state index is -0.535. The zero-order valence-corrected chi connectivity index (χ0v) is 16.8. The second-order valence-corrected chi connectivity index (χ2v) is 6.65. The van der Waals surface area contributed by atoms with Gasteiger partial charge in [0.2, 0.25) is 0 Å². The van der Waals surface area contributed by atoms with Crippen molar-refractivity contribution in [2.24, 2.45) is 0 Å². The zero-order valence-electron chi connectivity index (χ0n) is 16.0. The number of nitrogens with one attached hydrogen (secondary N) is 1. The Morgan fingerprint density at radius 1 is 1.28 bits per heavy atom. The number of rotatable bonds is 6. The minimum Gasteiger partial charge on any atom is -0.497 e. The maximum atomic E-state index is 12.6. The topological polar surface area (TPSA) is 79.9 Å². The highest BCUT2D eigenvalue weighted by molar-refractivity contribution is 6.31. The molecule has 1 heterocycles. The lowest BCUT2D eigenvalue weighted by molar-refractivity contribution is -0.112. The number of halogens is 1. The number of aryl methyl sites for hydroxylation is 1. The van der Waals surface area contributed by atoms with Gasteiger partial charge in [-0.3, -0.25) is 4.79 Å². The first-order valence-electron chi connectivity index (χ1n) is 8.86. The van der Waals surface area contributed by atoms with E-state index in [1.54, 1.807) is 43.0 Å². The van der Waals surface area contributed by atoms with Crippen LogP contribution >= 0.6 is 11.6 Å². The van der Waals surface area contributed by atoms with E-state index < -0.39 is 5.91 Å². The first-order chi connectivity index (χ1) is 14.0. The Morgan fingerprint density at radius 2 is 2.03 bits per heavy atom. The number of amides is 1. The molecule has 0 radical (unpaired) electrons. The molecule has 0 aliphatic heterocycles. The smallest absolute Gasteiger partial charge is 0.266 e. The van der Waals surface area contributed by atoms with Crippen LogP contribution in [0.4, 0.5) is 5.69 Å². The molecule has 0 spiro atoms. The van der Waals surface area contributed by atoms with Crippen molar-refractivity contribution in [1.82, 2.24) is 9.78 Å². The molecule has 0 saturated carbocycles. The van der Waals surface area contributed by atoms with Gasteiger partial charge in [-0.15, -0.1) is 0 Å². The Labute approximate surface area is 174 Å². The largest absolute Gasteiger partial charge is 0.497 e. The number of carbonyl (C=O) groups excluding carboxylic acids is 1. The van der Waals surface area contributed by atoms with Crippen molar-refractivity contribution in [3.05, 3.63) is 82.1 Å². The van der Waals surface area contributed by atoms with Gasteiger partial charge < -0.3 is 10.1 Å². The summed E-state index contributed by atoms with van der Waals surface area (Å²) in [5, 5.41) is 17.0. The van der Waals surface area contributed by atoms with Crippen molar-refractivity contribution in [2.75, 3.05) is 12.4 Å². The van der Waals surface area contributed by atoms with Crippen LogP contribution < -0.4 is 10.1 Å². The molecule has 0 saturated heterocycles. The van der Waals surface area contributed by atoms with Crippen molar-refractivity contribution in [1.29, 1.82) is 5.26 Å². The third-order valence-electron chi connectivity index (χ3n) is 4.27. The van der Waals surface area contributed by atoms with Crippen molar-refractivity contribution >= 4 is 29.3 Å². The van der Waals surface area contributed by atoms with Gasteiger partial charge in [-0.2, -0.15) is 10.4 Å². The summed E-state index contributed by atoms with van der Waals surface area (Å²) < 4.78 is 6.79. The molecule has 29 heavy (non-hydrogen) atoms. The van der Waals surface area contributed by atoms with Crippen molar-refractivity contribution in [3.63, 3.8) is 0 Å². The average molecular weight is 407 g/mol. The van der Waals surface area contributed by atoms with E-state index >= 15 is 0 Å². The molecule has 1 N–H and O–H groups in total. The number of aromatic nitrogens is 2. The quantitative estimate of drug-likeness (QED) is 0.484. The van der Waals surface area contributed by atoms with Gasteiger partial charge in [0.25, 0.3) is 5.91 Å². The predicted octanol–water partition coefficient (Wildman–Crippen LogP) is 4.45. The van der Waals surface area contributed by atoms with Crippen LogP contribution in [0.2, 0.25) is 5.15 Å². The van der Waals surface area contributed by atoms with Crippen molar-refractivity contribution in [2.45, 2.75) is 13.5 Å². The number of carbonyl (C=O) groups is 1. The molecule has 0 aliphatic rings. The molecule has 1 amide bonds. The first kappa shape index (κ1) is 20.2. The fraction of sp³-hybridized carbons (Fsp3) is 0.136. The Morgan fingerprint density at radius 3 is 2.72 bits per heavy atom. The number of hydrogen-bond acceptors (Lipinski definition) is 4. The molecule has 0 bridgehead atoms. The molecule has 0 fully saturated rings. The van der Waals surface area contributed by atoms with Gasteiger partial charge in [0.05, 0.1) is 19.3 Å². The highest BCUT2D eigenvalue weighted by Gasteiger charge is 2.16. The molecule has 0 aliphatic carbocycles. The van der Waals surface area contributed by atoms with E-state index in [0.717, 1.165) is 5.56 Å². The predicted molar refractivity (Wildman–Crippen MR) is 113 cm³/mol. The molecule has 3 rings (SSSR count). The maximum Gasteiger partial charge on any atom is 0.266 e. The number of ether oxygens (including phenoxy) is 1. The second-order valence-electron chi connectivity index (χ2n) is 6.29. The summed E-state index contributed by atoms with van der Waals surface area (Å²) in [4.78, 5) is 12.6. The lowest BCUT2D eigenvalue weighted by Gasteiger charge is -2.06. The maximum absolute atomic E-state index is 12.6. The second kappa shape index (κ2) is 9.09. The summed E-state index contributed by atoms with van der Waals surface area (Å²) in [5.41, 5.74) is 2.67. The van der Waals surface area contributed by atoms with E-state index in [9.17, 15) is 10.1 Å². The van der Waals surface area contributed by atoms with E-state index in [2.05, 4.69) is 10.4 Å². The Hall–Kier alpha value is -3.56. The number of hydrogen-bond donors (Lipinski definition) is 1. The standard InChI is InChI=1S/C22H19ClN4O2/c1-15-20(21(23)27(26-15)14-16-7-4-3-5-8-16)11-17(13-24)22(28)25-18-9-6-10-19(12-18)29-2/h3-12H,14H2,1-2H3,(H,25,28)/b17-11+. The molecule has 3 aromatic rings. The van der Waals surface area contributed by atoms with Gasteiger partial charge in [-0.1, -0.05) is 48.0 Å². The lowest BCUT2D eigenvalue weighted by Crippen LogP contribution is -2.13. The van der Waals surface area contributed by atoms with Crippen LogP contribution in [-0.4, -0.2) is 22.8 Å². The third kappa shape index (κ3) is 4.84. The van der Waals surface area contributed by atoms with Crippen LogP contribution in [0.15, 0.2) is 60.2 Å². The normalized spacial score (nSPS) is 11.0. The fourth-order valence-corrected chi connectivity index (χ4v) is 3.07. The zero-order chi connectivity index (χ0) is 20.8. The summed E-state index contributed by atoms with van der Waals surface area (Å²) in [6.45, 7) is 2.28. The monoisotopic (exact) mass is 406 g/mol. The average Bonchev–Trinajstić information content (AvgIpc) is 2.99. The minimum absolute atomic E-state index is 0.0721. The molecule has 7 heteroatoms. The van der Waals surface area contributed by atoms with Gasteiger partial charge in [-0.05, 0) is 30.7 Å². The van der Waals surface area contributed by atoms with E-state index in [4.69, 9.17) is 16.3 Å². The van der Waals surface area contributed by atoms with Gasteiger partial charge in [-0.25, -0.2) is 4.68 Å². The molecular weight excluding hydrogens is 388 g/mol. The summed E-state index contributed by atoms with van der Waals surface area (Å²) in [6.07, 6.45) is 1.46. The van der Waals surface area contributed by atoms with Crippen LogP contribution in [0, 0.1) is 18.3 Å². The lowest BCUT2D eigenvalue weighted by atomic mass is 10.1. The number of nitriles is 1. The first-order valence-corrected chi connectivity index (χ1v) is 9.23. The number of benzene rings is 2. The summed E-state index contributed by atoms with van der Waals surface area (Å²) in [5.74, 6) is 0.0680. The molecule has 1 aromatic heterocycles. The van der Waals surface area contributed by atoms with E-state index in [1.807, 2.05) is 36.4 Å².